The van der Waals surface area contributed by atoms with Crippen molar-refractivity contribution in [2.75, 3.05) is 54.4 Å². The van der Waals surface area contributed by atoms with Gasteiger partial charge in [-0.3, -0.25) is 34.6 Å². The van der Waals surface area contributed by atoms with E-state index in [1.54, 1.807) is 33.8 Å². The second-order valence-electron chi connectivity index (χ2n) is 21.3. The summed E-state index contributed by atoms with van der Waals surface area (Å²) in [7, 11) is 1.84. The molecule has 18 heteroatoms. The first-order valence-corrected chi connectivity index (χ1v) is 27.0. The molecule has 6 heterocycles. The number of carbonyl (C=O) groups excluding carboxylic acids is 4. The first kappa shape index (κ1) is 52.0. The first-order chi connectivity index (χ1) is 37.4. The molecule has 0 aliphatic carbocycles. The van der Waals surface area contributed by atoms with Gasteiger partial charge in [-0.15, -0.1) is 0 Å². The van der Waals surface area contributed by atoms with Gasteiger partial charge in [-0.1, -0.05) is 72.0 Å². The molecular weight excluding hydrogens is 1010 g/mol. The second-order valence-corrected chi connectivity index (χ2v) is 22.3. The van der Waals surface area contributed by atoms with Crippen LogP contribution in [-0.4, -0.2) is 99.1 Å². The number of thiazole rings is 1. The number of nitrogens with one attached hydrogen (secondary N) is 2. The van der Waals surface area contributed by atoms with Gasteiger partial charge in [0.05, 0.1) is 39.6 Å². The Morgan fingerprint density at radius 3 is 2.36 bits per heavy atom. The number of pyridine rings is 1. The summed E-state index contributed by atoms with van der Waals surface area (Å²) in [4.78, 5) is 68.1. The highest BCUT2D eigenvalue weighted by atomic mass is 32.1. The van der Waals surface area contributed by atoms with Gasteiger partial charge in [-0.2, -0.15) is 5.10 Å². The van der Waals surface area contributed by atoms with Gasteiger partial charge in [0.15, 0.2) is 10.8 Å². The number of imide groups is 1. The molecule has 11 rings (SSSR count). The normalized spacial score (nSPS) is 16.3. The Hall–Kier alpha value is -8.09. The summed E-state index contributed by atoms with van der Waals surface area (Å²) < 4.78 is 46.7. The van der Waals surface area contributed by atoms with Crippen LogP contribution in [0.3, 0.4) is 0 Å². The van der Waals surface area contributed by atoms with Crippen molar-refractivity contribution in [1.29, 1.82) is 0 Å². The smallest absolute Gasteiger partial charge is 0.358 e. The van der Waals surface area contributed by atoms with Crippen molar-refractivity contribution < 1.29 is 37.4 Å². The molecule has 15 nitrogen and oxygen atoms in total. The number of piperazine rings is 1. The quantitative estimate of drug-likeness (QED) is 0.0831. The zero-order chi connectivity index (χ0) is 54.5. The topological polar surface area (TPSA) is 164 Å². The van der Waals surface area contributed by atoms with Crippen LogP contribution in [0, 0.1) is 6.92 Å². The number of para-hydroxylation sites is 2. The van der Waals surface area contributed by atoms with Crippen molar-refractivity contribution in [3.63, 3.8) is 0 Å². The van der Waals surface area contributed by atoms with Crippen LogP contribution in [0.15, 0.2) is 115 Å². The minimum Gasteiger partial charge on any atom is -0.457 e. The van der Waals surface area contributed by atoms with Crippen LogP contribution in [0.4, 0.5) is 25.4 Å². The minimum atomic E-state index is -3.00. The van der Waals surface area contributed by atoms with Gasteiger partial charge in [0, 0.05) is 75.7 Å². The molecule has 5 aromatic carbocycles. The standard InChI is InChI=1S/C60H59F2N9O6S/c1-36-40(41-23-25-50(64-53(41)57(75)77-59(2,3)4)71-28-27-38-11-8-13-42(45(38)34-71)55(73)66-58-63-46-15-6-7-18-49(46)78-58)12-10-17-48(36)76-39-21-19-37(20-22-39)33-60(61,62)35-69-29-31-70(32-30-69)47-16-9-14-43-52(67-68(5)54(43)47)44-24-26-51(72)65-56(44)74/h6-23,25,44H,24,26-35H2,1-5H3,(H,63,66,73)(H,65,72,74). The number of aryl methyl sites for hydroxylation is 1. The number of anilines is 3. The van der Waals surface area contributed by atoms with Crippen LogP contribution in [0.1, 0.15) is 88.3 Å². The summed E-state index contributed by atoms with van der Waals surface area (Å²) in [6.07, 6.45) is 0.873. The van der Waals surface area contributed by atoms with Gasteiger partial charge >= 0.3 is 5.97 Å². The number of aromatic nitrogens is 4. The second kappa shape index (κ2) is 21.0. The molecule has 3 aromatic heterocycles. The Morgan fingerprint density at radius 1 is 0.821 bits per heavy atom. The number of halogens is 2. The summed E-state index contributed by atoms with van der Waals surface area (Å²) in [6.45, 7) is 9.89. The number of piperidine rings is 1. The highest BCUT2D eigenvalue weighted by Crippen LogP contribution is 2.39. The Bertz CT molecular complexity index is 3610. The monoisotopic (exact) mass is 1070 g/mol. The largest absolute Gasteiger partial charge is 0.457 e. The van der Waals surface area contributed by atoms with E-state index in [1.807, 2.05) is 126 Å². The molecule has 2 fully saturated rings. The van der Waals surface area contributed by atoms with E-state index in [1.165, 1.54) is 11.3 Å². The maximum absolute atomic E-state index is 15.8. The highest BCUT2D eigenvalue weighted by Gasteiger charge is 2.36. The average Bonchev–Trinajstić information content (AvgIpc) is 4.10. The lowest BCUT2D eigenvalue weighted by Crippen LogP contribution is -2.50. The van der Waals surface area contributed by atoms with Crippen molar-refractivity contribution in [2.45, 2.75) is 77.4 Å². The molecule has 1 unspecified atom stereocenters. The Balaban J connectivity index is 0.749. The van der Waals surface area contributed by atoms with E-state index in [9.17, 15) is 19.2 Å². The minimum absolute atomic E-state index is 0.131. The van der Waals surface area contributed by atoms with Crippen LogP contribution in [0.25, 0.3) is 32.2 Å². The van der Waals surface area contributed by atoms with E-state index in [0.29, 0.717) is 103 Å². The number of rotatable bonds is 13. The molecule has 0 radical (unpaired) electrons. The fraction of sp³-hybridized carbons (Fsp3) is 0.317. The van der Waals surface area contributed by atoms with Gasteiger partial charge < -0.3 is 19.3 Å². The Kier molecular flexibility index (Phi) is 14.0. The van der Waals surface area contributed by atoms with Crippen molar-refractivity contribution in [3.05, 3.63) is 154 Å². The fourth-order valence-electron chi connectivity index (χ4n) is 10.9. The maximum Gasteiger partial charge on any atom is 0.358 e. The number of hydrogen-bond acceptors (Lipinski definition) is 13. The van der Waals surface area contributed by atoms with Gasteiger partial charge in [0.25, 0.3) is 11.8 Å². The SMILES string of the molecule is Cc1c(Oc2ccc(CC(F)(F)CN3CCN(c4cccc5c(C6CCC(=O)NC6=O)nn(C)c45)CC3)cc2)cccc1-c1ccc(N2CCc3cccc(C(=O)Nc4nc5ccccc5s4)c3C2)nc1C(=O)OC(C)(C)C. The zero-order valence-electron chi connectivity index (χ0n) is 44.1. The van der Waals surface area contributed by atoms with Crippen LogP contribution in [0.2, 0.25) is 0 Å². The fourth-order valence-corrected chi connectivity index (χ4v) is 11.7. The van der Waals surface area contributed by atoms with Gasteiger partial charge in [-0.25, -0.2) is 23.5 Å². The predicted octanol–water partition coefficient (Wildman–Crippen LogP) is 10.6. The van der Waals surface area contributed by atoms with E-state index >= 15 is 8.78 Å². The number of nitrogens with zero attached hydrogens (tertiary/aromatic N) is 7. The third kappa shape index (κ3) is 10.9. The van der Waals surface area contributed by atoms with E-state index < -0.39 is 29.8 Å². The molecule has 0 bridgehead atoms. The molecule has 400 valence electrons. The highest BCUT2D eigenvalue weighted by molar-refractivity contribution is 7.22. The third-order valence-electron chi connectivity index (χ3n) is 14.6. The molecule has 2 N–H and O–H groups in total. The average molecular weight is 1070 g/mol. The number of alkyl halides is 2. The van der Waals surface area contributed by atoms with E-state index in [2.05, 4.69) is 25.4 Å². The van der Waals surface area contributed by atoms with Crippen molar-refractivity contribution >= 4 is 72.8 Å². The number of benzene rings is 5. The summed E-state index contributed by atoms with van der Waals surface area (Å²) in [6, 6.07) is 35.4. The maximum atomic E-state index is 15.8. The molecule has 0 spiro atoms. The first-order valence-electron chi connectivity index (χ1n) is 26.2. The summed E-state index contributed by atoms with van der Waals surface area (Å²) >= 11 is 1.42. The van der Waals surface area contributed by atoms with Crippen molar-refractivity contribution in [1.82, 2.24) is 30.0 Å². The molecule has 3 amide bonds. The third-order valence-corrected chi connectivity index (χ3v) is 15.6. The number of hydrogen-bond donors (Lipinski definition) is 2. The molecule has 3 aliphatic heterocycles. The summed E-state index contributed by atoms with van der Waals surface area (Å²) in [5, 5.41) is 11.5. The van der Waals surface area contributed by atoms with Gasteiger partial charge in [0.2, 0.25) is 11.8 Å². The molecule has 2 saturated heterocycles. The number of carbonyl (C=O) groups is 4. The Labute approximate surface area is 454 Å². The van der Waals surface area contributed by atoms with Crippen LogP contribution in [-0.2, 0) is 40.8 Å². The molecule has 78 heavy (non-hydrogen) atoms. The Morgan fingerprint density at radius 2 is 1.59 bits per heavy atom. The number of ether oxygens (including phenoxy) is 2. The molecule has 1 atom stereocenters. The molecule has 8 aromatic rings. The number of amides is 3. The summed E-state index contributed by atoms with van der Waals surface area (Å²) in [5.41, 5.74) is 7.53. The van der Waals surface area contributed by atoms with Crippen molar-refractivity contribution in [3.8, 4) is 22.6 Å². The summed E-state index contributed by atoms with van der Waals surface area (Å²) in [5.74, 6) is -3.44. The zero-order valence-corrected chi connectivity index (χ0v) is 44.9. The van der Waals surface area contributed by atoms with Crippen LogP contribution >= 0.6 is 11.3 Å². The lowest BCUT2D eigenvalue weighted by atomic mass is 9.92. The van der Waals surface area contributed by atoms with Crippen molar-refractivity contribution in [2.24, 2.45) is 7.05 Å². The van der Waals surface area contributed by atoms with E-state index in [4.69, 9.17) is 19.6 Å². The van der Waals surface area contributed by atoms with E-state index in [-0.39, 0.29) is 36.4 Å². The number of fused-ring (bicyclic) bond motifs is 3. The molecular formula is C60H59F2N9O6S. The molecule has 3 aliphatic rings. The van der Waals surface area contributed by atoms with Crippen LogP contribution < -0.4 is 25.2 Å². The lowest BCUT2D eigenvalue weighted by molar-refractivity contribution is -0.134. The van der Waals surface area contributed by atoms with E-state index in [0.717, 1.165) is 43.5 Å². The lowest BCUT2D eigenvalue weighted by Gasteiger charge is -2.37. The van der Waals surface area contributed by atoms with Gasteiger partial charge in [0.1, 0.15) is 22.9 Å². The van der Waals surface area contributed by atoms with Crippen LogP contribution in [0.5, 0.6) is 11.5 Å². The van der Waals surface area contributed by atoms with Gasteiger partial charge in [-0.05, 0) is 123 Å². The molecule has 0 saturated carbocycles. The number of esters is 1. The predicted molar refractivity (Wildman–Crippen MR) is 298 cm³/mol.